The number of aryl methyl sites for hydroxylation is 1. The lowest BCUT2D eigenvalue weighted by Gasteiger charge is -2.11. The zero-order valence-electron chi connectivity index (χ0n) is 10.7. The average Bonchev–Trinajstić information content (AvgIpc) is 2.39. The van der Waals surface area contributed by atoms with Gasteiger partial charge < -0.3 is 10.5 Å². The van der Waals surface area contributed by atoms with Crippen molar-refractivity contribution < 1.29 is 4.74 Å². The summed E-state index contributed by atoms with van der Waals surface area (Å²) in [6.45, 7) is 0.733. The Bertz CT molecular complexity index is 561. The molecule has 0 spiro atoms. The first-order chi connectivity index (χ1) is 9.56. The summed E-state index contributed by atoms with van der Waals surface area (Å²) in [4.78, 5) is 0. The van der Waals surface area contributed by atoms with Crippen LogP contribution in [-0.2, 0) is 6.42 Å². The SMILES string of the molecule is Nc1ccc(CCCOc2c(I)cc(I)cc2I)cc1. The summed E-state index contributed by atoms with van der Waals surface area (Å²) < 4.78 is 9.51. The summed E-state index contributed by atoms with van der Waals surface area (Å²) in [6, 6.07) is 12.3. The van der Waals surface area contributed by atoms with Crippen molar-refractivity contribution in [1.29, 1.82) is 0 Å². The van der Waals surface area contributed by atoms with Crippen molar-refractivity contribution in [3.05, 3.63) is 52.7 Å². The van der Waals surface area contributed by atoms with E-state index in [1.165, 1.54) is 16.3 Å². The molecule has 0 saturated carbocycles. The Balaban J connectivity index is 1.86. The molecule has 2 rings (SSSR count). The van der Waals surface area contributed by atoms with Gasteiger partial charge in [-0.25, -0.2) is 0 Å². The molecule has 0 fully saturated rings. The Labute approximate surface area is 160 Å². The zero-order chi connectivity index (χ0) is 14.5. The molecule has 0 saturated heterocycles. The van der Waals surface area contributed by atoms with Crippen LogP contribution >= 0.6 is 67.8 Å². The number of benzene rings is 2. The highest BCUT2D eigenvalue weighted by Crippen LogP contribution is 2.29. The second-order valence-electron chi connectivity index (χ2n) is 4.39. The van der Waals surface area contributed by atoms with Crippen molar-refractivity contribution in [2.75, 3.05) is 12.3 Å². The molecule has 0 unspecified atom stereocenters. The van der Waals surface area contributed by atoms with Crippen LogP contribution in [0.1, 0.15) is 12.0 Å². The van der Waals surface area contributed by atoms with E-state index in [-0.39, 0.29) is 0 Å². The van der Waals surface area contributed by atoms with Gasteiger partial charge in [0.2, 0.25) is 0 Å². The number of hydrogen-bond acceptors (Lipinski definition) is 2. The van der Waals surface area contributed by atoms with Crippen molar-refractivity contribution in [3.63, 3.8) is 0 Å². The molecule has 0 amide bonds. The molecule has 2 aromatic rings. The fourth-order valence-corrected chi connectivity index (χ4v) is 5.70. The van der Waals surface area contributed by atoms with Crippen LogP contribution in [0.5, 0.6) is 5.75 Å². The number of halogens is 3. The Morgan fingerprint density at radius 2 is 1.55 bits per heavy atom. The highest BCUT2D eigenvalue weighted by molar-refractivity contribution is 14.1. The Kier molecular flexibility index (Phi) is 6.66. The molecule has 2 N–H and O–H groups in total. The molecule has 0 aliphatic rings. The van der Waals surface area contributed by atoms with Gasteiger partial charge in [-0.2, -0.15) is 0 Å². The average molecular weight is 605 g/mol. The van der Waals surface area contributed by atoms with E-state index in [4.69, 9.17) is 10.5 Å². The number of ether oxygens (including phenoxy) is 1. The molecule has 0 atom stereocenters. The molecule has 0 aromatic heterocycles. The third-order valence-corrected chi connectivity index (χ3v) is 5.02. The van der Waals surface area contributed by atoms with E-state index in [2.05, 4.69) is 92.0 Å². The molecule has 20 heavy (non-hydrogen) atoms. The first-order valence-corrected chi connectivity index (χ1v) is 9.41. The monoisotopic (exact) mass is 605 g/mol. The predicted molar refractivity (Wildman–Crippen MR) is 109 cm³/mol. The van der Waals surface area contributed by atoms with E-state index >= 15 is 0 Å². The lowest BCUT2D eigenvalue weighted by Crippen LogP contribution is -2.02. The Hall–Kier alpha value is 0.230. The van der Waals surface area contributed by atoms with Crippen molar-refractivity contribution in [2.45, 2.75) is 12.8 Å². The number of anilines is 1. The van der Waals surface area contributed by atoms with Gasteiger partial charge in [-0.15, -0.1) is 0 Å². The second kappa shape index (κ2) is 8.02. The van der Waals surface area contributed by atoms with Crippen molar-refractivity contribution in [3.8, 4) is 5.75 Å². The van der Waals surface area contributed by atoms with Crippen LogP contribution in [0.3, 0.4) is 0 Å². The lowest BCUT2D eigenvalue weighted by molar-refractivity contribution is 0.306. The summed E-state index contributed by atoms with van der Waals surface area (Å²) in [5, 5.41) is 0. The summed E-state index contributed by atoms with van der Waals surface area (Å²) in [5.74, 6) is 1.00. The van der Waals surface area contributed by atoms with Crippen LogP contribution in [0.15, 0.2) is 36.4 Å². The summed E-state index contributed by atoms with van der Waals surface area (Å²) in [6.07, 6.45) is 2.01. The number of nitrogen functional groups attached to an aromatic ring is 1. The number of rotatable bonds is 5. The van der Waals surface area contributed by atoms with Crippen LogP contribution in [0.2, 0.25) is 0 Å². The first-order valence-electron chi connectivity index (χ1n) is 6.18. The van der Waals surface area contributed by atoms with Gasteiger partial charge in [0.25, 0.3) is 0 Å². The van der Waals surface area contributed by atoms with Gasteiger partial charge in [-0.05, 0) is 110 Å². The second-order valence-corrected chi connectivity index (χ2v) is 7.96. The predicted octanol–water partition coefficient (Wildman–Crippen LogP) is 5.09. The van der Waals surface area contributed by atoms with E-state index in [1.54, 1.807) is 0 Å². The van der Waals surface area contributed by atoms with Crippen molar-refractivity contribution in [1.82, 2.24) is 0 Å². The molecule has 0 bridgehead atoms. The molecule has 2 aromatic carbocycles. The minimum Gasteiger partial charge on any atom is -0.491 e. The molecule has 0 aliphatic carbocycles. The maximum absolute atomic E-state index is 5.92. The van der Waals surface area contributed by atoms with E-state index < -0.39 is 0 Å². The van der Waals surface area contributed by atoms with Crippen LogP contribution in [0.25, 0.3) is 0 Å². The van der Waals surface area contributed by atoms with Gasteiger partial charge in [-0.1, -0.05) is 12.1 Å². The largest absolute Gasteiger partial charge is 0.491 e. The van der Waals surface area contributed by atoms with Crippen LogP contribution in [0.4, 0.5) is 5.69 Å². The summed E-state index contributed by atoms with van der Waals surface area (Å²) in [5.41, 5.74) is 7.79. The zero-order valence-corrected chi connectivity index (χ0v) is 17.2. The maximum Gasteiger partial charge on any atom is 0.145 e. The third kappa shape index (κ3) is 4.90. The van der Waals surface area contributed by atoms with Crippen molar-refractivity contribution in [2.24, 2.45) is 0 Å². The maximum atomic E-state index is 5.92. The smallest absolute Gasteiger partial charge is 0.145 e. The van der Waals surface area contributed by atoms with Gasteiger partial charge in [-0.3, -0.25) is 0 Å². The highest BCUT2D eigenvalue weighted by atomic mass is 127. The summed E-state index contributed by atoms with van der Waals surface area (Å²) in [7, 11) is 0. The van der Waals surface area contributed by atoms with Crippen LogP contribution < -0.4 is 10.5 Å². The topological polar surface area (TPSA) is 35.2 Å². The van der Waals surface area contributed by atoms with E-state index in [1.807, 2.05) is 12.1 Å². The molecular formula is C15H14I3NO. The van der Waals surface area contributed by atoms with Crippen LogP contribution in [0, 0.1) is 10.7 Å². The highest BCUT2D eigenvalue weighted by Gasteiger charge is 2.07. The molecule has 5 heteroatoms. The van der Waals surface area contributed by atoms with Gasteiger partial charge in [0.05, 0.1) is 13.7 Å². The third-order valence-electron chi connectivity index (χ3n) is 2.80. The van der Waals surface area contributed by atoms with Gasteiger partial charge in [0.15, 0.2) is 0 Å². The number of nitrogens with two attached hydrogens (primary N) is 1. The molecule has 0 radical (unpaired) electrons. The fraction of sp³-hybridized carbons (Fsp3) is 0.200. The van der Waals surface area contributed by atoms with E-state index in [0.717, 1.165) is 30.9 Å². The number of hydrogen-bond donors (Lipinski definition) is 1. The first kappa shape index (κ1) is 16.6. The van der Waals surface area contributed by atoms with E-state index in [0.29, 0.717) is 0 Å². The van der Waals surface area contributed by atoms with E-state index in [9.17, 15) is 0 Å². The Morgan fingerprint density at radius 3 is 2.15 bits per heavy atom. The summed E-state index contributed by atoms with van der Waals surface area (Å²) >= 11 is 6.99. The van der Waals surface area contributed by atoms with Gasteiger partial charge in [0.1, 0.15) is 5.75 Å². The molecular weight excluding hydrogens is 591 g/mol. The standard InChI is InChI=1S/C15H14I3NO/c16-11-8-13(17)15(14(18)9-11)20-7-1-2-10-3-5-12(19)6-4-10/h3-6,8-9H,1-2,7,19H2. The van der Waals surface area contributed by atoms with Crippen molar-refractivity contribution >= 4 is 73.5 Å². The normalized spacial score (nSPS) is 10.6. The Morgan fingerprint density at radius 1 is 0.950 bits per heavy atom. The molecule has 0 aliphatic heterocycles. The molecule has 0 heterocycles. The molecule has 106 valence electrons. The minimum atomic E-state index is 0.733. The van der Waals surface area contributed by atoms with Gasteiger partial charge >= 0.3 is 0 Å². The minimum absolute atomic E-state index is 0.733. The molecule has 2 nitrogen and oxygen atoms in total. The van der Waals surface area contributed by atoms with Gasteiger partial charge in [0, 0.05) is 9.26 Å². The quantitative estimate of drug-likeness (QED) is 0.293. The van der Waals surface area contributed by atoms with Crippen LogP contribution in [-0.4, -0.2) is 6.61 Å². The lowest BCUT2D eigenvalue weighted by atomic mass is 10.1. The fourth-order valence-electron chi connectivity index (χ4n) is 1.80.